The van der Waals surface area contributed by atoms with Gasteiger partial charge in [-0.2, -0.15) is 0 Å². The van der Waals surface area contributed by atoms with Gasteiger partial charge in [0.05, 0.1) is 12.7 Å². The van der Waals surface area contributed by atoms with E-state index in [1.165, 1.54) is 7.11 Å². The predicted octanol–water partition coefficient (Wildman–Crippen LogP) is 4.26. The van der Waals surface area contributed by atoms with Gasteiger partial charge in [0.2, 0.25) is 0 Å². The number of hydrogen-bond acceptors (Lipinski definition) is 2. The molecule has 1 aromatic rings. The lowest BCUT2D eigenvalue weighted by Gasteiger charge is -2.28. The average molecular weight is 280 g/mol. The highest BCUT2D eigenvalue weighted by atomic mass is 19.1. The van der Waals surface area contributed by atoms with Gasteiger partial charge < -0.3 is 9.84 Å². The lowest BCUT2D eigenvalue weighted by Crippen LogP contribution is -2.26. The number of ether oxygens (including phenoxy) is 1. The number of aliphatic hydroxyl groups is 1. The van der Waals surface area contributed by atoms with Crippen LogP contribution in [-0.2, 0) is 5.60 Å². The first-order chi connectivity index (χ1) is 9.48. The number of methoxy groups -OCH3 is 1. The van der Waals surface area contributed by atoms with Crippen LogP contribution in [0.3, 0.4) is 0 Å². The Morgan fingerprint density at radius 1 is 1.30 bits per heavy atom. The molecule has 0 bridgehead atoms. The molecule has 1 N–H and O–H groups in total. The minimum Gasteiger partial charge on any atom is -0.494 e. The van der Waals surface area contributed by atoms with E-state index in [0.29, 0.717) is 30.2 Å². The maximum atomic E-state index is 14.4. The van der Waals surface area contributed by atoms with Crippen LogP contribution in [0.5, 0.6) is 5.75 Å². The Kier molecular flexibility index (Phi) is 4.69. The van der Waals surface area contributed by atoms with Gasteiger partial charge in [-0.05, 0) is 43.6 Å². The summed E-state index contributed by atoms with van der Waals surface area (Å²) >= 11 is 0. The molecular weight excluding hydrogens is 255 g/mol. The standard InChI is InChI=1S/C17H25FO2/c1-12(2)13-6-5-10-17(19,11-9-13)14-7-4-8-15(20-3)16(14)18/h4,7-8,12-13,19H,5-6,9-11H2,1-3H3. The summed E-state index contributed by atoms with van der Waals surface area (Å²) in [6.07, 6.45) is 4.26. The normalized spacial score (nSPS) is 27.4. The minimum absolute atomic E-state index is 0.209. The SMILES string of the molecule is COc1cccc(C2(O)CCCC(C(C)C)CC2)c1F. The summed E-state index contributed by atoms with van der Waals surface area (Å²) in [4.78, 5) is 0. The van der Waals surface area contributed by atoms with Gasteiger partial charge >= 0.3 is 0 Å². The minimum atomic E-state index is -1.05. The summed E-state index contributed by atoms with van der Waals surface area (Å²) in [5.41, 5.74) is -0.663. The Balaban J connectivity index is 2.27. The van der Waals surface area contributed by atoms with Crippen LogP contribution < -0.4 is 4.74 Å². The lowest BCUT2D eigenvalue weighted by molar-refractivity contribution is 0.0153. The number of rotatable bonds is 3. The van der Waals surface area contributed by atoms with Crippen molar-refractivity contribution in [3.05, 3.63) is 29.6 Å². The molecule has 20 heavy (non-hydrogen) atoms. The van der Waals surface area contributed by atoms with Crippen molar-refractivity contribution in [3.63, 3.8) is 0 Å². The zero-order chi connectivity index (χ0) is 14.8. The van der Waals surface area contributed by atoms with Crippen molar-refractivity contribution >= 4 is 0 Å². The summed E-state index contributed by atoms with van der Waals surface area (Å²) in [5.74, 6) is 1.03. The van der Waals surface area contributed by atoms with Crippen molar-refractivity contribution in [3.8, 4) is 5.75 Å². The molecule has 0 radical (unpaired) electrons. The van der Waals surface area contributed by atoms with E-state index < -0.39 is 11.4 Å². The molecule has 2 nitrogen and oxygen atoms in total. The highest BCUT2D eigenvalue weighted by Crippen LogP contribution is 2.41. The molecule has 1 fully saturated rings. The van der Waals surface area contributed by atoms with Crippen molar-refractivity contribution in [1.29, 1.82) is 0 Å². The largest absolute Gasteiger partial charge is 0.494 e. The Morgan fingerprint density at radius 2 is 2.05 bits per heavy atom. The Labute approximate surface area is 121 Å². The third-order valence-electron chi connectivity index (χ3n) is 4.72. The van der Waals surface area contributed by atoms with Crippen LogP contribution in [0.15, 0.2) is 18.2 Å². The van der Waals surface area contributed by atoms with E-state index in [0.717, 1.165) is 19.3 Å². The Bertz CT molecular complexity index is 458. The number of hydrogen-bond donors (Lipinski definition) is 1. The van der Waals surface area contributed by atoms with Crippen LogP contribution in [0.25, 0.3) is 0 Å². The second kappa shape index (κ2) is 6.13. The van der Waals surface area contributed by atoms with Crippen LogP contribution in [-0.4, -0.2) is 12.2 Å². The van der Waals surface area contributed by atoms with Gasteiger partial charge in [-0.15, -0.1) is 0 Å². The monoisotopic (exact) mass is 280 g/mol. The predicted molar refractivity (Wildman–Crippen MR) is 78.3 cm³/mol. The summed E-state index contributed by atoms with van der Waals surface area (Å²) in [5, 5.41) is 10.9. The van der Waals surface area contributed by atoms with Gasteiger partial charge in [0.15, 0.2) is 11.6 Å². The zero-order valence-corrected chi connectivity index (χ0v) is 12.7. The first-order valence-corrected chi connectivity index (χ1v) is 7.53. The topological polar surface area (TPSA) is 29.5 Å². The first kappa shape index (κ1) is 15.3. The Morgan fingerprint density at radius 3 is 2.70 bits per heavy atom. The zero-order valence-electron chi connectivity index (χ0n) is 12.7. The van der Waals surface area contributed by atoms with E-state index in [2.05, 4.69) is 13.8 Å². The molecule has 0 saturated heterocycles. The third-order valence-corrected chi connectivity index (χ3v) is 4.72. The average Bonchev–Trinajstić information content (AvgIpc) is 2.62. The second-order valence-electron chi connectivity index (χ2n) is 6.29. The maximum absolute atomic E-state index is 14.4. The van der Waals surface area contributed by atoms with Crippen molar-refractivity contribution in [2.45, 2.75) is 51.6 Å². The highest BCUT2D eigenvalue weighted by molar-refractivity contribution is 5.34. The third kappa shape index (κ3) is 2.98. The molecule has 2 atom stereocenters. The molecule has 0 amide bonds. The van der Waals surface area contributed by atoms with Crippen LogP contribution in [0.4, 0.5) is 4.39 Å². The second-order valence-corrected chi connectivity index (χ2v) is 6.29. The van der Waals surface area contributed by atoms with E-state index >= 15 is 0 Å². The molecule has 0 spiro atoms. The summed E-state index contributed by atoms with van der Waals surface area (Å²) in [6, 6.07) is 5.03. The van der Waals surface area contributed by atoms with Crippen molar-refractivity contribution < 1.29 is 14.2 Å². The molecule has 2 unspecified atom stereocenters. The van der Waals surface area contributed by atoms with E-state index in [4.69, 9.17) is 4.74 Å². The van der Waals surface area contributed by atoms with Gasteiger partial charge in [0, 0.05) is 5.56 Å². The Hall–Kier alpha value is -1.09. The fourth-order valence-electron chi connectivity index (χ4n) is 3.31. The lowest BCUT2D eigenvalue weighted by atomic mass is 9.84. The molecule has 1 aliphatic rings. The number of benzene rings is 1. The highest BCUT2D eigenvalue weighted by Gasteiger charge is 2.36. The molecule has 1 aliphatic carbocycles. The molecular formula is C17H25FO2. The summed E-state index contributed by atoms with van der Waals surface area (Å²) in [6.45, 7) is 4.45. The summed E-state index contributed by atoms with van der Waals surface area (Å²) in [7, 11) is 1.45. The molecule has 3 heteroatoms. The van der Waals surface area contributed by atoms with Crippen molar-refractivity contribution in [2.24, 2.45) is 11.8 Å². The van der Waals surface area contributed by atoms with Crippen LogP contribution in [0, 0.1) is 17.7 Å². The van der Waals surface area contributed by atoms with E-state index in [-0.39, 0.29) is 5.75 Å². The van der Waals surface area contributed by atoms with Gasteiger partial charge in [-0.3, -0.25) is 0 Å². The van der Waals surface area contributed by atoms with Crippen LogP contribution in [0.1, 0.15) is 51.5 Å². The fourth-order valence-corrected chi connectivity index (χ4v) is 3.31. The summed E-state index contributed by atoms with van der Waals surface area (Å²) < 4.78 is 19.4. The van der Waals surface area contributed by atoms with Crippen LogP contribution >= 0.6 is 0 Å². The maximum Gasteiger partial charge on any atom is 0.171 e. The molecule has 0 aliphatic heterocycles. The van der Waals surface area contributed by atoms with Gasteiger partial charge in [0.1, 0.15) is 0 Å². The van der Waals surface area contributed by atoms with Gasteiger partial charge in [-0.1, -0.05) is 32.4 Å². The van der Waals surface area contributed by atoms with Crippen molar-refractivity contribution in [1.82, 2.24) is 0 Å². The van der Waals surface area contributed by atoms with E-state index in [1.54, 1.807) is 18.2 Å². The first-order valence-electron chi connectivity index (χ1n) is 7.53. The fraction of sp³-hybridized carbons (Fsp3) is 0.647. The molecule has 1 aromatic carbocycles. The number of halogens is 1. The van der Waals surface area contributed by atoms with Crippen molar-refractivity contribution in [2.75, 3.05) is 7.11 Å². The van der Waals surface area contributed by atoms with E-state index in [1.807, 2.05) is 0 Å². The molecule has 112 valence electrons. The molecule has 0 aromatic heterocycles. The van der Waals surface area contributed by atoms with Crippen LogP contribution in [0.2, 0.25) is 0 Å². The van der Waals surface area contributed by atoms with Gasteiger partial charge in [0.25, 0.3) is 0 Å². The quantitative estimate of drug-likeness (QED) is 0.838. The molecule has 0 heterocycles. The molecule has 1 saturated carbocycles. The molecule has 2 rings (SSSR count). The smallest absolute Gasteiger partial charge is 0.171 e. The van der Waals surface area contributed by atoms with E-state index in [9.17, 15) is 9.50 Å². The van der Waals surface area contributed by atoms with Gasteiger partial charge in [-0.25, -0.2) is 4.39 Å².